The van der Waals surface area contributed by atoms with E-state index in [-0.39, 0.29) is 6.10 Å². The van der Waals surface area contributed by atoms with E-state index in [4.69, 9.17) is 0 Å². The molecular weight excluding hydrogens is 216 g/mol. The third kappa shape index (κ3) is 1.41. The van der Waals surface area contributed by atoms with E-state index in [1.165, 1.54) is 5.56 Å². The average molecular weight is 227 g/mol. The Bertz CT molecular complexity index is 268. The Kier molecular flexibility index (Phi) is 2.20. The molecule has 0 amide bonds. The van der Waals surface area contributed by atoms with Gasteiger partial charge in [0.1, 0.15) is 0 Å². The number of aliphatic hydroxyl groups is 1. The number of aliphatic hydroxyl groups excluding tert-OH is 1. The Balaban J connectivity index is 2.18. The van der Waals surface area contributed by atoms with Crippen LogP contribution in [0.3, 0.4) is 0 Å². The van der Waals surface area contributed by atoms with Crippen molar-refractivity contribution < 1.29 is 5.11 Å². The minimum atomic E-state index is -0.105. The van der Waals surface area contributed by atoms with Crippen LogP contribution >= 0.6 is 15.9 Å². The first-order valence-electron chi connectivity index (χ1n) is 4.21. The zero-order valence-electron chi connectivity index (χ0n) is 6.70. The molecule has 1 fully saturated rings. The maximum atomic E-state index is 9.42. The van der Waals surface area contributed by atoms with Crippen LogP contribution in [0.2, 0.25) is 0 Å². The van der Waals surface area contributed by atoms with Crippen LogP contribution in [0.1, 0.15) is 24.3 Å². The van der Waals surface area contributed by atoms with Crippen molar-refractivity contribution in [2.45, 2.75) is 24.9 Å². The van der Waals surface area contributed by atoms with Crippen LogP contribution in [0, 0.1) is 0 Å². The molecule has 1 N–H and O–H groups in total. The molecule has 1 aliphatic carbocycles. The third-order valence-electron chi connectivity index (χ3n) is 2.54. The molecule has 1 aromatic carbocycles. The number of benzene rings is 1. The van der Waals surface area contributed by atoms with Gasteiger partial charge in [0.05, 0.1) is 6.10 Å². The predicted octanol–water partition coefficient (Wildman–Crippen LogP) is 2.69. The Morgan fingerprint density at radius 2 is 1.83 bits per heavy atom. The summed E-state index contributed by atoms with van der Waals surface area (Å²) in [5.74, 6) is 0.387. The van der Waals surface area contributed by atoms with E-state index in [0.29, 0.717) is 5.92 Å². The fraction of sp³-hybridized carbons (Fsp3) is 0.400. The second-order valence-electron chi connectivity index (χ2n) is 3.30. The first-order valence-corrected chi connectivity index (χ1v) is 5.00. The normalized spacial score (nSPS) is 28.2. The van der Waals surface area contributed by atoms with E-state index < -0.39 is 0 Å². The fourth-order valence-electron chi connectivity index (χ4n) is 1.58. The summed E-state index contributed by atoms with van der Waals surface area (Å²) < 4.78 is 1.10. The Morgan fingerprint density at radius 3 is 2.25 bits per heavy atom. The first kappa shape index (κ1) is 8.27. The fourth-order valence-corrected chi connectivity index (χ4v) is 1.85. The van der Waals surface area contributed by atoms with Gasteiger partial charge in [0.15, 0.2) is 0 Å². The van der Waals surface area contributed by atoms with Crippen molar-refractivity contribution in [3.63, 3.8) is 0 Å². The number of rotatable bonds is 1. The Labute approximate surface area is 80.5 Å². The molecule has 2 rings (SSSR count). The van der Waals surface area contributed by atoms with Gasteiger partial charge in [-0.1, -0.05) is 28.1 Å². The zero-order chi connectivity index (χ0) is 8.55. The average Bonchev–Trinajstić information content (AvgIpc) is 2.06. The predicted molar refractivity (Wildman–Crippen MR) is 52.1 cm³/mol. The lowest BCUT2D eigenvalue weighted by molar-refractivity contribution is 0.0661. The van der Waals surface area contributed by atoms with Crippen LogP contribution in [0.4, 0.5) is 0 Å². The highest BCUT2D eigenvalue weighted by Crippen LogP contribution is 2.36. The minimum Gasteiger partial charge on any atom is -0.392 e. The first-order chi connectivity index (χ1) is 5.77. The second-order valence-corrected chi connectivity index (χ2v) is 4.22. The van der Waals surface area contributed by atoms with Crippen LogP contribution in [0.5, 0.6) is 0 Å². The van der Waals surface area contributed by atoms with Gasteiger partial charge >= 0.3 is 0 Å². The van der Waals surface area contributed by atoms with Gasteiger partial charge in [-0.05, 0) is 30.5 Å². The Morgan fingerprint density at radius 1 is 1.17 bits per heavy atom. The maximum absolute atomic E-state index is 9.42. The highest BCUT2D eigenvalue weighted by atomic mass is 79.9. The molecular formula is C10H11BrO. The summed E-state index contributed by atoms with van der Waals surface area (Å²) in [5.41, 5.74) is 1.26. The van der Waals surface area contributed by atoms with E-state index in [1.54, 1.807) is 0 Å². The van der Waals surface area contributed by atoms with Crippen molar-refractivity contribution in [3.05, 3.63) is 34.3 Å². The van der Waals surface area contributed by atoms with Crippen LogP contribution in [-0.4, -0.2) is 11.2 Å². The van der Waals surface area contributed by atoms with Gasteiger partial charge in [0, 0.05) is 10.4 Å². The molecule has 12 heavy (non-hydrogen) atoms. The molecule has 0 saturated heterocycles. The SMILES string of the molecule is OC1CCC1c1ccc(Br)cc1. The minimum absolute atomic E-state index is 0.105. The van der Waals surface area contributed by atoms with Gasteiger partial charge in [-0.25, -0.2) is 0 Å². The van der Waals surface area contributed by atoms with Crippen molar-refractivity contribution in [3.8, 4) is 0 Å². The molecule has 2 atom stereocenters. The van der Waals surface area contributed by atoms with Gasteiger partial charge in [0.2, 0.25) is 0 Å². The van der Waals surface area contributed by atoms with E-state index in [2.05, 4.69) is 28.1 Å². The molecule has 1 aromatic rings. The molecule has 0 aliphatic heterocycles. The summed E-state index contributed by atoms with van der Waals surface area (Å²) in [7, 11) is 0. The molecule has 2 heteroatoms. The lowest BCUT2D eigenvalue weighted by Crippen LogP contribution is -2.28. The number of halogens is 1. The third-order valence-corrected chi connectivity index (χ3v) is 3.06. The highest BCUT2D eigenvalue weighted by molar-refractivity contribution is 9.10. The van der Waals surface area contributed by atoms with Crippen LogP contribution < -0.4 is 0 Å². The van der Waals surface area contributed by atoms with Gasteiger partial charge in [-0.2, -0.15) is 0 Å². The summed E-state index contributed by atoms with van der Waals surface area (Å²) in [4.78, 5) is 0. The lowest BCUT2D eigenvalue weighted by Gasteiger charge is -2.32. The van der Waals surface area contributed by atoms with Crippen LogP contribution in [-0.2, 0) is 0 Å². The van der Waals surface area contributed by atoms with Crippen molar-refractivity contribution >= 4 is 15.9 Å². The maximum Gasteiger partial charge on any atom is 0.0609 e. The molecule has 1 aliphatic rings. The largest absolute Gasteiger partial charge is 0.392 e. The lowest BCUT2D eigenvalue weighted by atomic mass is 9.77. The van der Waals surface area contributed by atoms with Crippen LogP contribution in [0.25, 0.3) is 0 Å². The van der Waals surface area contributed by atoms with E-state index in [1.807, 2.05) is 12.1 Å². The van der Waals surface area contributed by atoms with Crippen molar-refractivity contribution in [2.24, 2.45) is 0 Å². The molecule has 1 nitrogen and oxygen atoms in total. The molecule has 1 saturated carbocycles. The van der Waals surface area contributed by atoms with Gasteiger partial charge < -0.3 is 5.11 Å². The monoisotopic (exact) mass is 226 g/mol. The molecule has 0 radical (unpaired) electrons. The second kappa shape index (κ2) is 3.19. The quantitative estimate of drug-likeness (QED) is 0.781. The summed E-state index contributed by atoms with van der Waals surface area (Å²) >= 11 is 3.39. The van der Waals surface area contributed by atoms with E-state index in [0.717, 1.165) is 17.3 Å². The number of hydrogen-bond donors (Lipinski definition) is 1. The van der Waals surface area contributed by atoms with Crippen molar-refractivity contribution in [2.75, 3.05) is 0 Å². The molecule has 0 spiro atoms. The van der Waals surface area contributed by atoms with E-state index >= 15 is 0 Å². The Hall–Kier alpha value is -0.340. The number of hydrogen-bond acceptors (Lipinski definition) is 1. The zero-order valence-corrected chi connectivity index (χ0v) is 8.29. The highest BCUT2D eigenvalue weighted by Gasteiger charge is 2.29. The summed E-state index contributed by atoms with van der Waals surface area (Å²) in [6.07, 6.45) is 1.98. The van der Waals surface area contributed by atoms with Crippen LogP contribution in [0.15, 0.2) is 28.7 Å². The summed E-state index contributed by atoms with van der Waals surface area (Å²) in [6.45, 7) is 0. The molecule has 0 heterocycles. The van der Waals surface area contributed by atoms with Gasteiger partial charge in [-0.15, -0.1) is 0 Å². The standard InChI is InChI=1S/C10H11BrO/c11-8-3-1-7(2-4-8)9-5-6-10(9)12/h1-4,9-10,12H,5-6H2. The summed E-state index contributed by atoms with van der Waals surface area (Å²) in [5, 5.41) is 9.42. The summed E-state index contributed by atoms with van der Waals surface area (Å²) in [6, 6.07) is 8.22. The van der Waals surface area contributed by atoms with Gasteiger partial charge in [0.25, 0.3) is 0 Å². The smallest absolute Gasteiger partial charge is 0.0609 e. The molecule has 64 valence electrons. The molecule has 2 unspecified atom stereocenters. The van der Waals surface area contributed by atoms with E-state index in [9.17, 15) is 5.11 Å². The van der Waals surface area contributed by atoms with Crippen molar-refractivity contribution in [1.29, 1.82) is 0 Å². The topological polar surface area (TPSA) is 20.2 Å². The molecule has 0 bridgehead atoms. The molecule has 0 aromatic heterocycles. The van der Waals surface area contributed by atoms with Crippen molar-refractivity contribution in [1.82, 2.24) is 0 Å². The van der Waals surface area contributed by atoms with Gasteiger partial charge in [-0.3, -0.25) is 0 Å².